The van der Waals surface area contributed by atoms with Gasteiger partial charge in [0.25, 0.3) is 0 Å². The van der Waals surface area contributed by atoms with E-state index in [1.807, 2.05) is 47.6 Å². The number of nitrogen functional groups attached to an aromatic ring is 1. The quantitative estimate of drug-likeness (QED) is 0.336. The Morgan fingerprint density at radius 3 is 2.09 bits per heavy atom. The second-order valence-corrected chi connectivity index (χ2v) is 9.32. The van der Waals surface area contributed by atoms with E-state index in [9.17, 15) is 10.1 Å². The number of nitrogens with zero attached hydrogens (tertiary/aromatic N) is 2. The van der Waals surface area contributed by atoms with Gasteiger partial charge >= 0.3 is 82.2 Å². The molecule has 22 heavy (non-hydrogen) atoms. The molecule has 0 saturated carbocycles. The molecular weight excluding hydrogens is 369 g/mol. The van der Waals surface area contributed by atoms with Crippen LogP contribution in [0.5, 0.6) is 0 Å². The monoisotopic (exact) mass is 391 g/mol. The fraction of sp³-hybridized carbons (Fsp3) is 0.533. The number of halogens is 1. The second kappa shape index (κ2) is 7.82. The van der Waals surface area contributed by atoms with Crippen molar-refractivity contribution < 1.29 is 4.92 Å². The maximum absolute atomic E-state index is 10.5. The van der Waals surface area contributed by atoms with Crippen molar-refractivity contribution in [2.24, 2.45) is 5.41 Å². The molecule has 1 heterocycles. The van der Waals surface area contributed by atoms with Crippen molar-refractivity contribution >= 4 is 36.4 Å². The van der Waals surface area contributed by atoms with Crippen molar-refractivity contribution in [1.29, 1.82) is 5.26 Å². The van der Waals surface area contributed by atoms with E-state index in [0.717, 1.165) is 4.44 Å². The molecule has 0 aromatic carbocycles. The molecule has 0 atom stereocenters. The van der Waals surface area contributed by atoms with Gasteiger partial charge in [-0.15, -0.1) is 0 Å². The molecule has 0 radical (unpaired) electrons. The molecule has 0 bridgehead atoms. The van der Waals surface area contributed by atoms with Gasteiger partial charge in [-0.2, -0.15) is 5.26 Å². The fourth-order valence-electron chi connectivity index (χ4n) is 1.18. The van der Waals surface area contributed by atoms with Gasteiger partial charge < -0.3 is 0 Å². The topological polar surface area (TPSA) is 93.0 Å². The van der Waals surface area contributed by atoms with Gasteiger partial charge in [-0.05, 0) is 5.41 Å². The van der Waals surface area contributed by atoms with Crippen LogP contribution >= 0.6 is 11.6 Å². The maximum atomic E-state index is 10.5. The van der Waals surface area contributed by atoms with Crippen LogP contribution < -0.4 is 5.73 Å². The second-order valence-electron chi connectivity index (χ2n) is 6.75. The van der Waals surface area contributed by atoms with E-state index in [-0.39, 0.29) is 34.8 Å². The van der Waals surface area contributed by atoms with Crippen molar-refractivity contribution in [1.82, 2.24) is 0 Å². The molecule has 5 nitrogen and oxygen atoms in total. The molecule has 2 N–H and O–H groups in total. The van der Waals surface area contributed by atoms with Crippen LogP contribution in [0, 0.1) is 26.9 Å². The summed E-state index contributed by atoms with van der Waals surface area (Å²) in [4.78, 5) is 10.2. The summed E-state index contributed by atoms with van der Waals surface area (Å²) in [5.74, 6) is 0. The molecule has 0 unspecified atom stereocenters. The molecule has 0 aliphatic carbocycles. The minimum atomic E-state index is -0.370. The Kier molecular flexibility index (Phi) is 7.37. The Morgan fingerprint density at radius 2 is 1.91 bits per heavy atom. The number of nitro groups is 1. The summed E-state index contributed by atoms with van der Waals surface area (Å²) < 4.78 is 1.28. The van der Waals surface area contributed by atoms with Crippen molar-refractivity contribution in [3.63, 3.8) is 0 Å². The third kappa shape index (κ3) is 6.65. The van der Waals surface area contributed by atoms with Crippen molar-refractivity contribution in [3.05, 3.63) is 31.7 Å². The molecule has 1 rings (SSSR count). The molecule has 0 spiro atoms. The van der Waals surface area contributed by atoms with Gasteiger partial charge in [-0.3, -0.25) is 0 Å². The molecule has 0 amide bonds. The molecule has 1 aromatic heterocycles. The van der Waals surface area contributed by atoms with E-state index in [2.05, 4.69) is 0 Å². The van der Waals surface area contributed by atoms with Gasteiger partial charge in [0, 0.05) is 11.1 Å². The van der Waals surface area contributed by atoms with Crippen LogP contribution in [0.15, 0.2) is 17.2 Å². The number of nitrogens with two attached hydrogens (primary N) is 1. The molecule has 7 heteroatoms. The number of hydrogen-bond donors (Lipinski definition) is 1. The first-order valence-corrected chi connectivity index (χ1v) is 8.69. The molecule has 0 aliphatic rings. The Labute approximate surface area is 142 Å². The van der Waals surface area contributed by atoms with Crippen LogP contribution in [0.25, 0.3) is 0 Å². The molecule has 0 fully saturated rings. The number of rotatable bonds is 1. The number of allylic oxidation sites excluding steroid dienone is 2. The molecular formula is C15H22ClN3O2Se. The Morgan fingerprint density at radius 1 is 1.41 bits per heavy atom. The number of nitriles is 1. The van der Waals surface area contributed by atoms with Gasteiger partial charge in [0.1, 0.15) is 0 Å². The predicted octanol–water partition coefficient (Wildman–Crippen LogP) is 4.21. The van der Waals surface area contributed by atoms with Crippen LogP contribution in [0.2, 0.25) is 0 Å². The Hall–Kier alpha value is -1.28. The summed E-state index contributed by atoms with van der Waals surface area (Å²) in [6, 6.07) is 3.63. The van der Waals surface area contributed by atoms with Gasteiger partial charge in [-0.25, -0.2) is 0 Å². The third-order valence-corrected chi connectivity index (χ3v) is 6.44. The van der Waals surface area contributed by atoms with Gasteiger partial charge in [0.2, 0.25) is 0 Å². The third-order valence-electron chi connectivity index (χ3n) is 2.55. The summed E-state index contributed by atoms with van der Waals surface area (Å²) in [5.41, 5.74) is 5.78. The zero-order valence-corrected chi connectivity index (χ0v) is 16.2. The minimum absolute atomic E-state index is 0.0115. The summed E-state index contributed by atoms with van der Waals surface area (Å²) in [6.45, 7) is 12.0. The van der Waals surface area contributed by atoms with Crippen molar-refractivity contribution in [3.8, 4) is 6.07 Å². The number of anilines is 1. The van der Waals surface area contributed by atoms with E-state index in [4.69, 9.17) is 22.6 Å². The molecule has 1 aromatic rings. The molecule has 122 valence electrons. The Balaban J connectivity index is 0.000000433. The first kappa shape index (κ1) is 20.7. The standard InChI is InChI=1S/C8H12N2O2Se.C7H10ClN/c1-8(2,3)6-4-5(9)7(13-6)10(11)12;1-7(2,3)6(8)4-5-9/h4H,9H2,1-3H3;4H,1-3H3/b;6-4-. The van der Waals surface area contributed by atoms with Gasteiger partial charge in [0.05, 0.1) is 6.07 Å². The van der Waals surface area contributed by atoms with Crippen LogP contribution in [0.4, 0.5) is 10.2 Å². The fourth-order valence-corrected chi connectivity index (χ4v) is 3.23. The first-order chi connectivity index (χ1) is 9.80. The van der Waals surface area contributed by atoms with Crippen LogP contribution in [0.1, 0.15) is 46.0 Å². The van der Waals surface area contributed by atoms with Crippen LogP contribution in [-0.4, -0.2) is 19.4 Å². The van der Waals surface area contributed by atoms with Crippen LogP contribution in [0.3, 0.4) is 0 Å². The summed E-state index contributed by atoms with van der Waals surface area (Å²) >= 11 is 5.49. The molecule has 0 aliphatic heterocycles. The van der Waals surface area contributed by atoms with E-state index >= 15 is 0 Å². The normalized spacial score (nSPS) is 12.2. The number of hydrogen-bond acceptors (Lipinski definition) is 4. The summed E-state index contributed by atoms with van der Waals surface area (Å²) in [5, 5.41) is 19.3. The SMILES string of the molecule is CC(C)(C)/C(Cl)=C/C#N.CC(C)(C)c1cc(N)c([N+](=O)[O-])[se]1. The zero-order valence-electron chi connectivity index (χ0n) is 13.7. The van der Waals surface area contributed by atoms with E-state index in [1.165, 1.54) is 6.08 Å². The molecule has 0 saturated heterocycles. The average molecular weight is 391 g/mol. The summed E-state index contributed by atoms with van der Waals surface area (Å²) in [7, 11) is 0. The van der Waals surface area contributed by atoms with Crippen molar-refractivity contribution in [2.45, 2.75) is 47.0 Å². The van der Waals surface area contributed by atoms with Crippen molar-refractivity contribution in [2.75, 3.05) is 5.73 Å². The van der Waals surface area contributed by atoms with E-state index in [0.29, 0.717) is 10.7 Å². The van der Waals surface area contributed by atoms with E-state index < -0.39 is 0 Å². The van der Waals surface area contributed by atoms with Crippen LogP contribution in [-0.2, 0) is 5.41 Å². The van der Waals surface area contributed by atoms with E-state index in [1.54, 1.807) is 6.07 Å². The average Bonchev–Trinajstić information content (AvgIpc) is 2.71. The Bertz CT molecular complexity index is 602. The summed E-state index contributed by atoms with van der Waals surface area (Å²) in [6.07, 6.45) is 1.36. The van der Waals surface area contributed by atoms with Gasteiger partial charge in [0.15, 0.2) is 0 Å². The first-order valence-electron chi connectivity index (χ1n) is 6.60. The zero-order chi connectivity index (χ0) is 17.7. The van der Waals surface area contributed by atoms with Gasteiger partial charge in [-0.1, -0.05) is 32.4 Å². The predicted molar refractivity (Wildman–Crippen MR) is 92.2 cm³/mol.